The number of morpholine rings is 1. The fourth-order valence-electron chi connectivity index (χ4n) is 7.28. The van der Waals surface area contributed by atoms with E-state index in [2.05, 4.69) is 14.7 Å². The summed E-state index contributed by atoms with van der Waals surface area (Å²) in [4.78, 5) is 33.7. The number of aromatic carboxylic acids is 1. The van der Waals surface area contributed by atoms with Gasteiger partial charge in [0.05, 0.1) is 62.3 Å². The summed E-state index contributed by atoms with van der Waals surface area (Å²) in [5, 5.41) is 10.2. The quantitative estimate of drug-likeness (QED) is 0.302. The second-order valence-corrected chi connectivity index (χ2v) is 13.4. The predicted molar refractivity (Wildman–Crippen MR) is 180 cm³/mol. The van der Waals surface area contributed by atoms with E-state index in [1.54, 1.807) is 30.4 Å². The van der Waals surface area contributed by atoms with Gasteiger partial charge >= 0.3 is 5.97 Å². The van der Waals surface area contributed by atoms with Gasteiger partial charge in [-0.2, -0.15) is 0 Å². The van der Waals surface area contributed by atoms with E-state index in [-0.39, 0.29) is 47.4 Å². The first-order chi connectivity index (χ1) is 23.3. The van der Waals surface area contributed by atoms with Gasteiger partial charge in [0.2, 0.25) is 0 Å². The van der Waals surface area contributed by atoms with E-state index in [1.807, 2.05) is 6.07 Å². The summed E-state index contributed by atoms with van der Waals surface area (Å²) in [7, 11) is 0. The number of carboxylic acid groups (broad SMARTS) is 1. The van der Waals surface area contributed by atoms with Crippen LogP contribution in [0.4, 0.5) is 10.1 Å². The molecule has 5 heterocycles. The number of hydrogen-bond acceptors (Lipinski definition) is 8. The van der Waals surface area contributed by atoms with Crippen molar-refractivity contribution in [3.8, 4) is 16.9 Å². The number of para-hydroxylation sites is 1. The second kappa shape index (κ2) is 14.1. The van der Waals surface area contributed by atoms with E-state index in [0.717, 1.165) is 64.0 Å². The smallest absolute Gasteiger partial charge is 0.337 e. The Morgan fingerprint density at radius 3 is 2.29 bits per heavy atom. The largest absolute Gasteiger partial charge is 0.478 e. The van der Waals surface area contributed by atoms with Crippen LogP contribution < -0.4 is 9.64 Å². The molecule has 1 N–H and O–H groups in total. The number of anilines is 1. The zero-order valence-corrected chi connectivity index (χ0v) is 27.8. The second-order valence-electron chi connectivity index (χ2n) is 12.7. The third kappa shape index (κ3) is 6.54. The van der Waals surface area contributed by atoms with Crippen LogP contribution in [0.15, 0.2) is 64.8 Å². The summed E-state index contributed by atoms with van der Waals surface area (Å²) in [5.41, 5.74) is 4.08. The molecule has 7 rings (SSSR count). The number of ether oxygens (including phenoxy) is 3. The number of piperazine rings is 1. The summed E-state index contributed by atoms with van der Waals surface area (Å²) >= 11 is 12.5. The third-order valence-electron chi connectivity index (χ3n) is 9.86. The van der Waals surface area contributed by atoms with E-state index in [0.29, 0.717) is 41.8 Å². The highest BCUT2D eigenvalue weighted by atomic mass is 35.5. The molecule has 0 aromatic heterocycles. The van der Waals surface area contributed by atoms with Gasteiger partial charge in [-0.3, -0.25) is 9.69 Å². The molecule has 1 amide bonds. The van der Waals surface area contributed by atoms with Crippen LogP contribution in [0.5, 0.6) is 5.75 Å². The lowest BCUT2D eigenvalue weighted by atomic mass is 9.96. The van der Waals surface area contributed by atoms with Crippen LogP contribution in [0.3, 0.4) is 0 Å². The maximum absolute atomic E-state index is 15.7. The van der Waals surface area contributed by atoms with Crippen LogP contribution in [-0.2, 0) is 20.8 Å². The molecular weight excluding hydrogens is 662 g/mol. The van der Waals surface area contributed by atoms with Crippen molar-refractivity contribution in [2.75, 3.05) is 64.2 Å². The number of halogens is 3. The lowest BCUT2D eigenvalue weighted by Crippen LogP contribution is -2.56. The Morgan fingerprint density at radius 2 is 1.62 bits per heavy atom. The number of benzene rings is 2. The molecule has 2 bridgehead atoms. The minimum atomic E-state index is -1.18. The Kier molecular flexibility index (Phi) is 9.66. The van der Waals surface area contributed by atoms with Crippen molar-refractivity contribution in [1.29, 1.82) is 0 Å². The van der Waals surface area contributed by atoms with Gasteiger partial charge in [-0.1, -0.05) is 41.4 Å². The van der Waals surface area contributed by atoms with Gasteiger partial charge in [0.1, 0.15) is 11.6 Å². The van der Waals surface area contributed by atoms with Gasteiger partial charge < -0.3 is 34.0 Å². The molecule has 0 aliphatic carbocycles. The van der Waals surface area contributed by atoms with Gasteiger partial charge in [-0.25, -0.2) is 9.18 Å². The van der Waals surface area contributed by atoms with Crippen LogP contribution in [0.1, 0.15) is 28.8 Å². The molecule has 5 aliphatic rings. The SMILES string of the molecule is O=C(O)c1cc(F)c(-c2cccc3c2OCN(C(=O)/C=C(Cl)/C=C(\C=C\Cl)N2CCN(C4COC4)CC2)C3)cc1N1C2CCC1COC2. The molecule has 4 saturated heterocycles. The third-order valence-corrected chi connectivity index (χ3v) is 10.2. The number of rotatable bonds is 8. The van der Waals surface area contributed by atoms with E-state index < -0.39 is 11.8 Å². The molecule has 0 radical (unpaired) electrons. The number of allylic oxidation sites excluding steroid dienone is 3. The fraction of sp³-hybridized carbons (Fsp3) is 0.429. The fourth-order valence-corrected chi connectivity index (χ4v) is 7.62. The average molecular weight is 700 g/mol. The van der Waals surface area contributed by atoms with E-state index in [4.69, 9.17) is 37.4 Å². The highest BCUT2D eigenvalue weighted by molar-refractivity contribution is 6.32. The summed E-state index contributed by atoms with van der Waals surface area (Å²) in [6, 6.07) is 8.63. The van der Waals surface area contributed by atoms with Crippen molar-refractivity contribution in [1.82, 2.24) is 14.7 Å². The molecule has 2 atom stereocenters. The van der Waals surface area contributed by atoms with Gasteiger partial charge in [0.25, 0.3) is 5.91 Å². The minimum Gasteiger partial charge on any atom is -0.478 e. The van der Waals surface area contributed by atoms with Crippen molar-refractivity contribution in [3.05, 3.63) is 81.8 Å². The number of hydrogen-bond donors (Lipinski definition) is 1. The molecule has 10 nitrogen and oxygen atoms in total. The van der Waals surface area contributed by atoms with Crippen molar-refractivity contribution >= 4 is 40.8 Å². The topological polar surface area (TPSA) is 95.0 Å². The van der Waals surface area contributed by atoms with Gasteiger partial charge in [-0.15, -0.1) is 0 Å². The van der Waals surface area contributed by atoms with E-state index in [9.17, 15) is 14.7 Å². The van der Waals surface area contributed by atoms with Gasteiger partial charge in [0, 0.05) is 65.2 Å². The normalized spacial score (nSPS) is 23.7. The zero-order chi connectivity index (χ0) is 33.4. The Bertz CT molecular complexity index is 1660. The summed E-state index contributed by atoms with van der Waals surface area (Å²) in [6.07, 6.45) is 6.63. The van der Waals surface area contributed by atoms with E-state index in [1.165, 1.54) is 16.5 Å². The van der Waals surface area contributed by atoms with Gasteiger partial charge in [0.15, 0.2) is 6.73 Å². The van der Waals surface area contributed by atoms with Crippen molar-refractivity contribution < 1.29 is 33.3 Å². The molecule has 4 fully saturated rings. The highest BCUT2D eigenvalue weighted by Crippen LogP contribution is 2.43. The Balaban J connectivity index is 1.09. The lowest BCUT2D eigenvalue weighted by Gasteiger charge is -2.43. The van der Waals surface area contributed by atoms with Crippen LogP contribution in [0.2, 0.25) is 0 Å². The molecular formula is C35H37Cl2FN4O6. The number of nitrogens with zero attached hydrogens (tertiary/aromatic N) is 4. The number of carbonyl (C=O) groups excluding carboxylic acids is 1. The molecule has 0 spiro atoms. The Hall–Kier alpha value is -3.61. The first-order valence-electron chi connectivity index (χ1n) is 16.2. The standard InChI is InChI=1S/C35H37Cl2FN4O6/c36-7-6-24(39-8-10-40(11-9-39)27-19-47-20-27)12-23(37)13-33(43)41-16-22-2-1-3-28(34(22)48-21-41)29-15-32(30(35(44)45)14-31(29)38)42-25-4-5-26(42)18-46-17-25/h1-3,6-7,12-15,25-27H,4-5,8-11,16-21H2,(H,44,45)/b7-6+,23-13-,24-12+. The van der Waals surface area contributed by atoms with Crippen LogP contribution >= 0.6 is 23.2 Å². The van der Waals surface area contributed by atoms with Crippen LogP contribution in [0, 0.1) is 5.82 Å². The predicted octanol–water partition coefficient (Wildman–Crippen LogP) is 5.01. The molecule has 2 aromatic rings. The van der Waals surface area contributed by atoms with Crippen LogP contribution in [0.25, 0.3) is 11.1 Å². The molecule has 254 valence electrons. The maximum atomic E-state index is 15.7. The molecule has 5 aliphatic heterocycles. The molecule has 2 unspecified atom stereocenters. The number of carboxylic acids is 1. The first kappa shape index (κ1) is 32.9. The summed E-state index contributed by atoms with van der Waals surface area (Å²) in [5.74, 6) is -1.72. The lowest BCUT2D eigenvalue weighted by molar-refractivity contribution is -0.130. The Morgan fingerprint density at radius 1 is 0.917 bits per heavy atom. The van der Waals surface area contributed by atoms with Crippen molar-refractivity contribution in [2.24, 2.45) is 0 Å². The molecule has 13 heteroatoms. The highest BCUT2D eigenvalue weighted by Gasteiger charge is 2.40. The summed E-state index contributed by atoms with van der Waals surface area (Å²) < 4.78 is 32.8. The van der Waals surface area contributed by atoms with Gasteiger partial charge in [-0.05, 0) is 37.1 Å². The monoisotopic (exact) mass is 698 g/mol. The number of amides is 1. The summed E-state index contributed by atoms with van der Waals surface area (Å²) in [6.45, 7) is 6.12. The molecule has 48 heavy (non-hydrogen) atoms. The zero-order valence-electron chi connectivity index (χ0n) is 26.3. The van der Waals surface area contributed by atoms with Crippen molar-refractivity contribution in [3.63, 3.8) is 0 Å². The van der Waals surface area contributed by atoms with Crippen LogP contribution in [-0.4, -0.2) is 109 Å². The average Bonchev–Trinajstić information content (AvgIpc) is 3.30. The molecule has 2 aromatic carbocycles. The number of fused-ring (bicyclic) bond motifs is 3. The minimum absolute atomic E-state index is 0.0372. The maximum Gasteiger partial charge on any atom is 0.337 e. The first-order valence-corrected chi connectivity index (χ1v) is 17.0. The van der Waals surface area contributed by atoms with E-state index >= 15 is 4.39 Å². The Labute approximate surface area is 288 Å². The van der Waals surface area contributed by atoms with Crippen molar-refractivity contribution in [2.45, 2.75) is 37.5 Å². The number of carbonyl (C=O) groups is 2. The molecule has 0 saturated carbocycles.